The van der Waals surface area contributed by atoms with E-state index in [9.17, 15) is 0 Å². The second-order valence-corrected chi connectivity index (χ2v) is 3.67. The molecule has 0 aliphatic carbocycles. The highest BCUT2D eigenvalue weighted by atomic mass is 16.5. The molecular weight excluding hydrogens is 162 g/mol. The first-order chi connectivity index (χ1) is 6.15. The van der Waals surface area contributed by atoms with Crippen LogP contribution in [0.25, 0.3) is 0 Å². The minimum absolute atomic E-state index is 0.00112. The van der Waals surface area contributed by atoms with Crippen molar-refractivity contribution >= 4 is 0 Å². The van der Waals surface area contributed by atoms with Gasteiger partial charge in [0.05, 0.1) is 6.04 Å². The minimum Gasteiger partial charge on any atom is -0.316 e. The smallest absolute Gasteiger partial charge is 0.0540 e. The molecule has 0 fully saturated rings. The molecule has 13 heavy (non-hydrogen) atoms. The van der Waals surface area contributed by atoms with Gasteiger partial charge in [0.25, 0.3) is 0 Å². The third kappa shape index (κ3) is 2.54. The minimum atomic E-state index is 0.00112. The van der Waals surface area contributed by atoms with E-state index in [1.165, 1.54) is 5.56 Å². The SMILES string of the molecule is CC(C)c1ccc([C@@H](C)NO)cc1. The van der Waals surface area contributed by atoms with Crippen LogP contribution in [-0.2, 0) is 0 Å². The van der Waals surface area contributed by atoms with Crippen molar-refractivity contribution < 1.29 is 5.21 Å². The molecule has 2 heteroatoms. The Kier molecular flexibility index (Phi) is 3.46. The monoisotopic (exact) mass is 179 g/mol. The third-order valence-corrected chi connectivity index (χ3v) is 2.30. The molecule has 0 radical (unpaired) electrons. The molecule has 0 unspecified atom stereocenters. The van der Waals surface area contributed by atoms with Gasteiger partial charge in [-0.25, -0.2) is 0 Å². The van der Waals surface area contributed by atoms with E-state index < -0.39 is 0 Å². The highest BCUT2D eigenvalue weighted by Crippen LogP contribution is 2.17. The second-order valence-electron chi connectivity index (χ2n) is 3.67. The molecule has 0 saturated heterocycles. The molecule has 1 aromatic rings. The normalized spacial score (nSPS) is 13.3. The Morgan fingerprint density at radius 3 is 1.85 bits per heavy atom. The summed E-state index contributed by atoms with van der Waals surface area (Å²) in [4.78, 5) is 0. The van der Waals surface area contributed by atoms with Crippen molar-refractivity contribution in [3.8, 4) is 0 Å². The number of hydrogen-bond acceptors (Lipinski definition) is 2. The van der Waals surface area contributed by atoms with Gasteiger partial charge in [0, 0.05) is 0 Å². The van der Waals surface area contributed by atoms with Crippen LogP contribution in [0.4, 0.5) is 0 Å². The van der Waals surface area contributed by atoms with E-state index in [1.54, 1.807) is 0 Å². The molecule has 1 rings (SSSR count). The topological polar surface area (TPSA) is 32.3 Å². The predicted molar refractivity (Wildman–Crippen MR) is 53.9 cm³/mol. The van der Waals surface area contributed by atoms with Gasteiger partial charge in [0.1, 0.15) is 0 Å². The van der Waals surface area contributed by atoms with Crippen LogP contribution in [0.5, 0.6) is 0 Å². The van der Waals surface area contributed by atoms with E-state index in [0.717, 1.165) is 5.56 Å². The Labute approximate surface area is 79.6 Å². The van der Waals surface area contributed by atoms with E-state index in [2.05, 4.69) is 31.5 Å². The molecule has 0 bridgehead atoms. The van der Waals surface area contributed by atoms with Crippen LogP contribution in [0.3, 0.4) is 0 Å². The van der Waals surface area contributed by atoms with Crippen LogP contribution in [0.1, 0.15) is 43.9 Å². The summed E-state index contributed by atoms with van der Waals surface area (Å²) in [6.45, 7) is 6.26. The van der Waals surface area contributed by atoms with E-state index in [1.807, 2.05) is 19.1 Å². The van der Waals surface area contributed by atoms with Gasteiger partial charge in [0.2, 0.25) is 0 Å². The lowest BCUT2D eigenvalue weighted by Gasteiger charge is -2.11. The summed E-state index contributed by atoms with van der Waals surface area (Å²) in [5.41, 5.74) is 4.66. The van der Waals surface area contributed by atoms with Crippen molar-refractivity contribution in [3.05, 3.63) is 35.4 Å². The Morgan fingerprint density at radius 2 is 1.46 bits per heavy atom. The maximum Gasteiger partial charge on any atom is 0.0540 e. The van der Waals surface area contributed by atoms with Crippen molar-refractivity contribution in [3.63, 3.8) is 0 Å². The average Bonchev–Trinajstić information content (AvgIpc) is 2.17. The van der Waals surface area contributed by atoms with Gasteiger partial charge in [-0.05, 0) is 24.0 Å². The maximum absolute atomic E-state index is 8.72. The van der Waals surface area contributed by atoms with Crippen molar-refractivity contribution in [2.45, 2.75) is 32.7 Å². The molecule has 0 amide bonds. The summed E-state index contributed by atoms with van der Waals surface area (Å²) in [6.07, 6.45) is 0. The lowest BCUT2D eigenvalue weighted by Crippen LogP contribution is -2.12. The first kappa shape index (κ1) is 10.2. The molecular formula is C11H17NO. The summed E-state index contributed by atoms with van der Waals surface area (Å²) < 4.78 is 0. The predicted octanol–water partition coefficient (Wildman–Crippen LogP) is 2.85. The van der Waals surface area contributed by atoms with E-state index in [4.69, 9.17) is 5.21 Å². The van der Waals surface area contributed by atoms with E-state index in [0.29, 0.717) is 5.92 Å². The fourth-order valence-electron chi connectivity index (χ4n) is 1.24. The zero-order chi connectivity index (χ0) is 9.84. The number of hydrogen-bond donors (Lipinski definition) is 2. The van der Waals surface area contributed by atoms with Crippen LogP contribution in [-0.4, -0.2) is 5.21 Å². The maximum atomic E-state index is 8.72. The van der Waals surface area contributed by atoms with Crippen molar-refractivity contribution in [1.29, 1.82) is 0 Å². The lowest BCUT2D eigenvalue weighted by molar-refractivity contribution is 0.133. The Hall–Kier alpha value is -0.860. The number of benzene rings is 1. The number of nitrogens with one attached hydrogen (secondary N) is 1. The Morgan fingerprint density at radius 1 is 1.00 bits per heavy atom. The van der Waals surface area contributed by atoms with Crippen LogP contribution in [0, 0.1) is 0 Å². The number of hydroxylamine groups is 1. The molecule has 0 saturated carbocycles. The quantitative estimate of drug-likeness (QED) is 0.699. The zero-order valence-electron chi connectivity index (χ0n) is 8.41. The van der Waals surface area contributed by atoms with Crippen LogP contribution < -0.4 is 5.48 Å². The fourth-order valence-corrected chi connectivity index (χ4v) is 1.24. The molecule has 0 aliphatic heterocycles. The summed E-state index contributed by atoms with van der Waals surface area (Å²) in [5.74, 6) is 0.562. The summed E-state index contributed by atoms with van der Waals surface area (Å²) in [6, 6.07) is 8.30. The molecule has 0 aliphatic rings. The molecule has 1 aromatic carbocycles. The van der Waals surface area contributed by atoms with Gasteiger partial charge < -0.3 is 5.21 Å². The zero-order valence-corrected chi connectivity index (χ0v) is 8.41. The molecule has 2 nitrogen and oxygen atoms in total. The van der Waals surface area contributed by atoms with Crippen molar-refractivity contribution in [2.75, 3.05) is 0 Å². The third-order valence-electron chi connectivity index (χ3n) is 2.30. The van der Waals surface area contributed by atoms with Crippen LogP contribution >= 0.6 is 0 Å². The summed E-state index contributed by atoms with van der Waals surface area (Å²) >= 11 is 0. The largest absolute Gasteiger partial charge is 0.316 e. The molecule has 2 N–H and O–H groups in total. The molecule has 0 spiro atoms. The molecule has 72 valence electrons. The first-order valence-electron chi connectivity index (χ1n) is 4.64. The average molecular weight is 179 g/mol. The van der Waals surface area contributed by atoms with Gasteiger partial charge >= 0.3 is 0 Å². The van der Waals surface area contributed by atoms with Gasteiger partial charge in [-0.2, -0.15) is 5.48 Å². The first-order valence-corrected chi connectivity index (χ1v) is 4.64. The Balaban J connectivity index is 2.81. The summed E-state index contributed by atoms with van der Waals surface area (Å²) in [7, 11) is 0. The Bertz CT molecular complexity index is 253. The standard InChI is InChI=1S/C11H17NO/c1-8(2)10-4-6-11(7-5-10)9(3)12-13/h4-9,12-13H,1-3H3/t9-/m1/s1. The molecule has 0 aromatic heterocycles. The van der Waals surface area contributed by atoms with Crippen LogP contribution in [0.15, 0.2) is 24.3 Å². The lowest BCUT2D eigenvalue weighted by atomic mass is 10.00. The number of rotatable bonds is 3. The summed E-state index contributed by atoms with van der Waals surface area (Å²) in [5, 5.41) is 8.72. The molecule has 1 atom stereocenters. The van der Waals surface area contributed by atoms with Crippen molar-refractivity contribution in [1.82, 2.24) is 5.48 Å². The van der Waals surface area contributed by atoms with E-state index in [-0.39, 0.29) is 6.04 Å². The van der Waals surface area contributed by atoms with Gasteiger partial charge in [-0.3, -0.25) is 0 Å². The van der Waals surface area contributed by atoms with Gasteiger partial charge in [-0.15, -0.1) is 0 Å². The van der Waals surface area contributed by atoms with E-state index >= 15 is 0 Å². The van der Waals surface area contributed by atoms with Crippen LogP contribution in [0.2, 0.25) is 0 Å². The van der Waals surface area contributed by atoms with Crippen molar-refractivity contribution in [2.24, 2.45) is 0 Å². The molecule has 0 heterocycles. The fraction of sp³-hybridized carbons (Fsp3) is 0.455. The second kappa shape index (κ2) is 4.40. The highest BCUT2D eigenvalue weighted by molar-refractivity contribution is 5.26. The van der Waals surface area contributed by atoms with Gasteiger partial charge in [-0.1, -0.05) is 38.1 Å². The highest BCUT2D eigenvalue weighted by Gasteiger charge is 2.03. The van der Waals surface area contributed by atoms with Gasteiger partial charge in [0.15, 0.2) is 0 Å².